The van der Waals surface area contributed by atoms with E-state index in [1.165, 1.54) is 29.5 Å². The molecule has 0 saturated heterocycles. The minimum atomic E-state index is -1.16. The predicted octanol–water partition coefficient (Wildman–Crippen LogP) is 2.70. The molecule has 0 saturated carbocycles. The van der Waals surface area contributed by atoms with Crippen LogP contribution in [0.5, 0.6) is 0 Å². The standard InChI is InChI=1S/C15H11N3O3S/c1-9-13(22-8-17-9)6-10(7-16)14(19)18-12-5-3-2-4-11(12)15(20)21/h2-6,8H,1H3,(H,18,19)(H,20,21)/b10-6-. The molecular weight excluding hydrogens is 302 g/mol. The molecule has 1 heterocycles. The Bertz CT molecular complexity index is 802. The maximum Gasteiger partial charge on any atom is 0.337 e. The number of aryl methyl sites for hydroxylation is 1. The van der Waals surface area contributed by atoms with E-state index in [2.05, 4.69) is 10.3 Å². The van der Waals surface area contributed by atoms with Crippen molar-refractivity contribution < 1.29 is 14.7 Å². The topological polar surface area (TPSA) is 103 Å². The van der Waals surface area contributed by atoms with Crippen LogP contribution in [0.4, 0.5) is 5.69 Å². The zero-order valence-corrected chi connectivity index (χ0v) is 12.3. The first-order chi connectivity index (χ1) is 10.5. The number of thiazole rings is 1. The lowest BCUT2D eigenvalue weighted by atomic mass is 10.1. The van der Waals surface area contributed by atoms with Gasteiger partial charge in [-0.3, -0.25) is 4.79 Å². The van der Waals surface area contributed by atoms with Crippen LogP contribution in [0.2, 0.25) is 0 Å². The summed E-state index contributed by atoms with van der Waals surface area (Å²) in [4.78, 5) is 28.0. The molecular formula is C15H11N3O3S. The van der Waals surface area contributed by atoms with Gasteiger partial charge in [0.15, 0.2) is 0 Å². The smallest absolute Gasteiger partial charge is 0.337 e. The maximum atomic E-state index is 12.1. The molecule has 1 aromatic carbocycles. The van der Waals surface area contributed by atoms with E-state index in [0.717, 1.165) is 5.69 Å². The van der Waals surface area contributed by atoms with Crippen molar-refractivity contribution in [1.82, 2.24) is 4.98 Å². The van der Waals surface area contributed by atoms with Crippen LogP contribution in [-0.4, -0.2) is 22.0 Å². The number of amides is 1. The number of hydrogen-bond donors (Lipinski definition) is 2. The second kappa shape index (κ2) is 6.65. The molecule has 7 heteroatoms. The molecule has 6 nitrogen and oxygen atoms in total. The average molecular weight is 313 g/mol. The number of carboxylic acid groups (broad SMARTS) is 1. The van der Waals surface area contributed by atoms with Gasteiger partial charge >= 0.3 is 5.97 Å². The molecule has 0 fully saturated rings. The van der Waals surface area contributed by atoms with Crippen molar-refractivity contribution in [3.63, 3.8) is 0 Å². The molecule has 2 rings (SSSR count). The minimum Gasteiger partial charge on any atom is -0.478 e. The highest BCUT2D eigenvalue weighted by Gasteiger charge is 2.15. The van der Waals surface area contributed by atoms with Gasteiger partial charge in [-0.2, -0.15) is 5.26 Å². The Hall–Kier alpha value is -2.98. The van der Waals surface area contributed by atoms with Gasteiger partial charge in [0, 0.05) is 0 Å². The van der Waals surface area contributed by atoms with Crippen LogP contribution in [0.1, 0.15) is 20.9 Å². The van der Waals surface area contributed by atoms with Crippen LogP contribution >= 0.6 is 11.3 Å². The van der Waals surface area contributed by atoms with Crippen molar-refractivity contribution >= 4 is 35.0 Å². The van der Waals surface area contributed by atoms with Crippen molar-refractivity contribution in [3.8, 4) is 6.07 Å². The summed E-state index contributed by atoms with van der Waals surface area (Å²) < 4.78 is 0. The van der Waals surface area contributed by atoms with Crippen LogP contribution < -0.4 is 5.32 Å². The lowest BCUT2D eigenvalue weighted by Gasteiger charge is -2.07. The van der Waals surface area contributed by atoms with Crippen molar-refractivity contribution in [2.45, 2.75) is 6.92 Å². The maximum absolute atomic E-state index is 12.1. The monoisotopic (exact) mass is 313 g/mol. The third-order valence-electron chi connectivity index (χ3n) is 2.83. The molecule has 0 radical (unpaired) electrons. The quantitative estimate of drug-likeness (QED) is 0.667. The number of benzene rings is 1. The lowest BCUT2D eigenvalue weighted by molar-refractivity contribution is -0.112. The highest BCUT2D eigenvalue weighted by Crippen LogP contribution is 2.19. The normalized spacial score (nSPS) is 10.8. The van der Waals surface area contributed by atoms with E-state index in [-0.39, 0.29) is 16.8 Å². The Balaban J connectivity index is 2.29. The molecule has 0 unspecified atom stereocenters. The number of para-hydroxylation sites is 1. The highest BCUT2D eigenvalue weighted by molar-refractivity contribution is 7.10. The number of nitriles is 1. The Morgan fingerprint density at radius 2 is 2.14 bits per heavy atom. The number of aromatic carboxylic acids is 1. The zero-order chi connectivity index (χ0) is 16.1. The minimum absolute atomic E-state index is 0.0397. The van der Waals surface area contributed by atoms with E-state index >= 15 is 0 Å². The molecule has 2 aromatic rings. The summed E-state index contributed by atoms with van der Waals surface area (Å²) in [6.07, 6.45) is 1.44. The largest absolute Gasteiger partial charge is 0.478 e. The van der Waals surface area contributed by atoms with E-state index in [9.17, 15) is 9.59 Å². The zero-order valence-electron chi connectivity index (χ0n) is 11.5. The summed E-state index contributed by atoms with van der Waals surface area (Å²) in [5.74, 6) is -1.82. The third-order valence-corrected chi connectivity index (χ3v) is 3.71. The number of nitrogens with zero attached hydrogens (tertiary/aromatic N) is 2. The number of nitrogens with one attached hydrogen (secondary N) is 1. The van der Waals surface area contributed by atoms with Crippen LogP contribution in [0, 0.1) is 18.3 Å². The molecule has 0 bridgehead atoms. The summed E-state index contributed by atoms with van der Waals surface area (Å²) in [5.41, 5.74) is 2.32. The average Bonchev–Trinajstić information content (AvgIpc) is 2.90. The molecule has 0 spiro atoms. The number of rotatable bonds is 4. The number of carbonyl (C=O) groups is 2. The van der Waals surface area contributed by atoms with Gasteiger partial charge in [-0.15, -0.1) is 11.3 Å². The van der Waals surface area contributed by atoms with Gasteiger partial charge in [0.2, 0.25) is 0 Å². The third kappa shape index (κ3) is 3.37. The van der Waals surface area contributed by atoms with Crippen LogP contribution in [0.15, 0.2) is 35.3 Å². The molecule has 0 aliphatic rings. The van der Waals surface area contributed by atoms with Gasteiger partial charge < -0.3 is 10.4 Å². The number of aromatic nitrogens is 1. The summed E-state index contributed by atoms with van der Waals surface area (Å²) >= 11 is 1.31. The lowest BCUT2D eigenvalue weighted by Crippen LogP contribution is -2.16. The Kier molecular flexibility index (Phi) is 4.66. The van der Waals surface area contributed by atoms with E-state index in [1.54, 1.807) is 24.6 Å². The van der Waals surface area contributed by atoms with Crippen molar-refractivity contribution in [2.75, 3.05) is 5.32 Å². The van der Waals surface area contributed by atoms with Gasteiger partial charge in [-0.1, -0.05) is 12.1 Å². The molecule has 1 aromatic heterocycles. The fourth-order valence-electron chi connectivity index (χ4n) is 1.70. The van der Waals surface area contributed by atoms with Crippen LogP contribution in [-0.2, 0) is 4.79 Å². The first kappa shape index (κ1) is 15.4. The molecule has 1 amide bonds. The second-order valence-corrected chi connectivity index (χ2v) is 5.16. The van der Waals surface area contributed by atoms with Gasteiger partial charge in [0.05, 0.1) is 27.3 Å². The molecule has 0 atom stereocenters. The van der Waals surface area contributed by atoms with Gasteiger partial charge in [-0.05, 0) is 25.1 Å². The summed E-state index contributed by atoms with van der Waals surface area (Å²) in [6, 6.07) is 7.82. The Labute approximate surface area is 130 Å². The van der Waals surface area contributed by atoms with Crippen molar-refractivity contribution in [3.05, 3.63) is 51.5 Å². The van der Waals surface area contributed by atoms with E-state index in [1.807, 2.05) is 6.07 Å². The van der Waals surface area contributed by atoms with Crippen LogP contribution in [0.3, 0.4) is 0 Å². The van der Waals surface area contributed by atoms with Gasteiger partial charge in [0.25, 0.3) is 5.91 Å². The Morgan fingerprint density at radius 1 is 1.41 bits per heavy atom. The molecule has 22 heavy (non-hydrogen) atoms. The molecule has 2 N–H and O–H groups in total. The number of carboxylic acids is 1. The summed E-state index contributed by atoms with van der Waals surface area (Å²) in [5, 5.41) is 20.7. The second-order valence-electron chi connectivity index (χ2n) is 4.28. The number of anilines is 1. The predicted molar refractivity (Wildman–Crippen MR) is 82.5 cm³/mol. The summed E-state index contributed by atoms with van der Waals surface area (Å²) in [6.45, 7) is 1.77. The molecule has 0 aliphatic heterocycles. The van der Waals surface area contributed by atoms with Crippen molar-refractivity contribution in [2.24, 2.45) is 0 Å². The van der Waals surface area contributed by atoms with E-state index in [0.29, 0.717) is 4.88 Å². The number of carbonyl (C=O) groups excluding carboxylic acids is 1. The SMILES string of the molecule is Cc1ncsc1/C=C(/C#N)C(=O)Nc1ccccc1C(=O)O. The molecule has 110 valence electrons. The molecule has 0 aliphatic carbocycles. The fourth-order valence-corrected chi connectivity index (χ4v) is 2.43. The highest BCUT2D eigenvalue weighted by atomic mass is 32.1. The van der Waals surface area contributed by atoms with E-state index in [4.69, 9.17) is 10.4 Å². The summed E-state index contributed by atoms with van der Waals surface area (Å²) in [7, 11) is 0. The van der Waals surface area contributed by atoms with Gasteiger partial charge in [0.1, 0.15) is 11.6 Å². The fraction of sp³-hybridized carbons (Fsp3) is 0.0667. The Morgan fingerprint density at radius 3 is 2.73 bits per heavy atom. The van der Waals surface area contributed by atoms with Crippen LogP contribution in [0.25, 0.3) is 6.08 Å². The first-order valence-electron chi connectivity index (χ1n) is 6.18. The number of hydrogen-bond acceptors (Lipinski definition) is 5. The van der Waals surface area contributed by atoms with Crippen molar-refractivity contribution in [1.29, 1.82) is 5.26 Å². The first-order valence-corrected chi connectivity index (χ1v) is 7.06. The van der Waals surface area contributed by atoms with Gasteiger partial charge in [-0.25, -0.2) is 9.78 Å². The van der Waals surface area contributed by atoms with E-state index < -0.39 is 11.9 Å².